The summed E-state index contributed by atoms with van der Waals surface area (Å²) in [5.41, 5.74) is 2.58. The molecule has 1 amide bonds. The molecular formula is C19H21FN2O. The van der Waals surface area contributed by atoms with E-state index in [0.717, 1.165) is 37.2 Å². The monoisotopic (exact) mass is 312 g/mol. The third-order valence-corrected chi connectivity index (χ3v) is 4.30. The van der Waals surface area contributed by atoms with Crippen LogP contribution < -0.4 is 10.2 Å². The molecule has 1 N–H and O–H groups in total. The molecule has 0 radical (unpaired) electrons. The van der Waals surface area contributed by atoms with E-state index in [2.05, 4.69) is 5.32 Å². The van der Waals surface area contributed by atoms with Crippen LogP contribution in [0.25, 0.3) is 0 Å². The quantitative estimate of drug-likeness (QED) is 0.940. The van der Waals surface area contributed by atoms with Crippen LogP contribution in [0.4, 0.5) is 10.1 Å². The lowest BCUT2D eigenvalue weighted by atomic mass is 10.0. The first-order chi connectivity index (χ1) is 11.1. The number of aryl methyl sites for hydroxylation is 1. The minimum Gasteiger partial charge on any atom is -0.317 e. The second-order valence-electron chi connectivity index (χ2n) is 6.00. The van der Waals surface area contributed by atoms with Gasteiger partial charge in [0.15, 0.2) is 0 Å². The van der Waals surface area contributed by atoms with Gasteiger partial charge in [-0.05, 0) is 69.3 Å². The molecule has 120 valence electrons. The topological polar surface area (TPSA) is 32.3 Å². The van der Waals surface area contributed by atoms with Crippen molar-refractivity contribution < 1.29 is 9.18 Å². The van der Waals surface area contributed by atoms with Crippen molar-refractivity contribution in [3.05, 3.63) is 65.5 Å². The fourth-order valence-corrected chi connectivity index (χ4v) is 3.00. The first-order valence-electron chi connectivity index (χ1n) is 8.01. The van der Waals surface area contributed by atoms with Gasteiger partial charge in [0, 0.05) is 17.3 Å². The third kappa shape index (κ3) is 3.59. The maximum atomic E-state index is 13.1. The summed E-state index contributed by atoms with van der Waals surface area (Å²) in [6, 6.07) is 13.9. The Morgan fingerprint density at radius 2 is 1.65 bits per heavy atom. The third-order valence-electron chi connectivity index (χ3n) is 4.30. The molecule has 0 aliphatic carbocycles. The molecule has 3 rings (SSSR count). The molecule has 0 aromatic heterocycles. The summed E-state index contributed by atoms with van der Waals surface area (Å²) in [6.07, 6.45) is 1.83. The second kappa shape index (κ2) is 6.92. The van der Waals surface area contributed by atoms with Crippen molar-refractivity contribution in [2.45, 2.75) is 25.8 Å². The molecule has 1 aliphatic heterocycles. The Morgan fingerprint density at radius 1 is 1.04 bits per heavy atom. The standard InChI is InChI=1S/C19H21FN2O/c1-14-2-8-17(9-3-14)22(18-10-12-21-13-11-18)19(23)15-4-6-16(20)7-5-15/h2-9,18,21H,10-13H2,1H3. The lowest BCUT2D eigenvalue weighted by molar-refractivity contribution is 0.0971. The first kappa shape index (κ1) is 15.7. The molecule has 2 aromatic rings. The molecule has 0 spiro atoms. The summed E-state index contributed by atoms with van der Waals surface area (Å²) in [6.45, 7) is 3.84. The van der Waals surface area contributed by atoms with E-state index in [-0.39, 0.29) is 17.8 Å². The molecule has 1 saturated heterocycles. The highest BCUT2D eigenvalue weighted by Crippen LogP contribution is 2.25. The Balaban J connectivity index is 1.94. The lowest BCUT2D eigenvalue weighted by Crippen LogP contribution is -2.46. The Kier molecular flexibility index (Phi) is 4.72. The molecule has 23 heavy (non-hydrogen) atoms. The number of nitrogens with zero attached hydrogens (tertiary/aromatic N) is 1. The van der Waals surface area contributed by atoms with Crippen molar-refractivity contribution in [2.24, 2.45) is 0 Å². The average Bonchev–Trinajstić information content (AvgIpc) is 2.58. The van der Waals surface area contributed by atoms with Crippen LogP contribution in [-0.4, -0.2) is 25.0 Å². The van der Waals surface area contributed by atoms with E-state index < -0.39 is 0 Å². The van der Waals surface area contributed by atoms with E-state index in [1.54, 1.807) is 12.1 Å². The van der Waals surface area contributed by atoms with Crippen LogP contribution in [0.15, 0.2) is 48.5 Å². The van der Waals surface area contributed by atoms with Gasteiger partial charge in [0.2, 0.25) is 0 Å². The maximum absolute atomic E-state index is 13.1. The molecule has 2 aromatic carbocycles. The number of halogens is 1. The molecule has 3 nitrogen and oxygen atoms in total. The van der Waals surface area contributed by atoms with E-state index in [1.807, 2.05) is 36.1 Å². The molecule has 1 aliphatic rings. The summed E-state index contributed by atoms with van der Waals surface area (Å²) in [5, 5.41) is 3.33. The molecule has 0 bridgehead atoms. The SMILES string of the molecule is Cc1ccc(N(C(=O)c2ccc(F)cc2)C2CCNCC2)cc1. The minimum absolute atomic E-state index is 0.0687. The van der Waals surface area contributed by atoms with Gasteiger partial charge >= 0.3 is 0 Å². The van der Waals surface area contributed by atoms with Crippen molar-refractivity contribution in [2.75, 3.05) is 18.0 Å². The number of anilines is 1. The minimum atomic E-state index is -0.328. The summed E-state index contributed by atoms with van der Waals surface area (Å²) >= 11 is 0. The van der Waals surface area contributed by atoms with Crippen LogP contribution >= 0.6 is 0 Å². The number of piperidine rings is 1. The van der Waals surface area contributed by atoms with E-state index in [4.69, 9.17) is 0 Å². The highest BCUT2D eigenvalue weighted by molar-refractivity contribution is 6.06. The van der Waals surface area contributed by atoms with E-state index in [9.17, 15) is 9.18 Å². The zero-order valence-corrected chi connectivity index (χ0v) is 13.3. The Morgan fingerprint density at radius 3 is 2.26 bits per heavy atom. The van der Waals surface area contributed by atoms with Gasteiger partial charge in [-0.3, -0.25) is 4.79 Å². The van der Waals surface area contributed by atoms with E-state index >= 15 is 0 Å². The normalized spacial score (nSPS) is 15.4. The van der Waals surface area contributed by atoms with Crippen LogP contribution in [0.2, 0.25) is 0 Å². The molecular weight excluding hydrogens is 291 g/mol. The zero-order valence-electron chi connectivity index (χ0n) is 13.3. The van der Waals surface area contributed by atoms with Crippen LogP contribution in [0.1, 0.15) is 28.8 Å². The fraction of sp³-hybridized carbons (Fsp3) is 0.316. The van der Waals surface area contributed by atoms with Gasteiger partial charge in [0.05, 0.1) is 0 Å². The highest BCUT2D eigenvalue weighted by Gasteiger charge is 2.27. The summed E-state index contributed by atoms with van der Waals surface area (Å²) in [5.74, 6) is -0.397. The molecule has 1 fully saturated rings. The van der Waals surface area contributed by atoms with E-state index in [0.29, 0.717) is 5.56 Å². The van der Waals surface area contributed by atoms with Crippen molar-refractivity contribution in [3.63, 3.8) is 0 Å². The predicted molar refractivity (Wildman–Crippen MR) is 90.3 cm³/mol. The van der Waals surface area contributed by atoms with E-state index in [1.165, 1.54) is 12.1 Å². The Bertz CT molecular complexity index is 661. The van der Waals surface area contributed by atoms with Crippen LogP contribution in [0.3, 0.4) is 0 Å². The maximum Gasteiger partial charge on any atom is 0.258 e. The van der Waals surface area contributed by atoms with Gasteiger partial charge in [-0.15, -0.1) is 0 Å². The van der Waals surface area contributed by atoms with Gasteiger partial charge in [-0.1, -0.05) is 17.7 Å². The number of carbonyl (C=O) groups is 1. The van der Waals surface area contributed by atoms with Crippen LogP contribution in [-0.2, 0) is 0 Å². The molecule has 0 saturated carbocycles. The van der Waals surface area contributed by atoms with Gasteiger partial charge in [0.25, 0.3) is 5.91 Å². The smallest absolute Gasteiger partial charge is 0.258 e. The number of carbonyl (C=O) groups excluding carboxylic acids is 1. The number of rotatable bonds is 3. The van der Waals surface area contributed by atoms with Gasteiger partial charge in [0.1, 0.15) is 5.82 Å². The van der Waals surface area contributed by atoms with Crippen LogP contribution in [0.5, 0.6) is 0 Å². The van der Waals surface area contributed by atoms with Gasteiger partial charge in [-0.2, -0.15) is 0 Å². The first-order valence-corrected chi connectivity index (χ1v) is 8.01. The number of hydrogen-bond donors (Lipinski definition) is 1. The van der Waals surface area contributed by atoms with Gasteiger partial charge < -0.3 is 10.2 Å². The largest absolute Gasteiger partial charge is 0.317 e. The molecule has 0 atom stereocenters. The fourth-order valence-electron chi connectivity index (χ4n) is 3.00. The van der Waals surface area contributed by atoms with Crippen LogP contribution in [0, 0.1) is 12.7 Å². The van der Waals surface area contributed by atoms with Crippen molar-refractivity contribution in [1.29, 1.82) is 0 Å². The molecule has 1 heterocycles. The average molecular weight is 312 g/mol. The number of benzene rings is 2. The summed E-state index contributed by atoms with van der Waals surface area (Å²) < 4.78 is 13.1. The molecule has 4 heteroatoms. The summed E-state index contributed by atoms with van der Waals surface area (Å²) in [4.78, 5) is 14.9. The summed E-state index contributed by atoms with van der Waals surface area (Å²) in [7, 11) is 0. The van der Waals surface area contributed by atoms with Gasteiger partial charge in [-0.25, -0.2) is 4.39 Å². The second-order valence-corrected chi connectivity index (χ2v) is 6.00. The van der Waals surface area contributed by atoms with Crippen molar-refractivity contribution in [3.8, 4) is 0 Å². The number of amides is 1. The highest BCUT2D eigenvalue weighted by atomic mass is 19.1. The predicted octanol–water partition coefficient (Wildman–Crippen LogP) is 3.53. The Hall–Kier alpha value is -2.20. The lowest BCUT2D eigenvalue weighted by Gasteiger charge is -2.35. The van der Waals surface area contributed by atoms with Crippen molar-refractivity contribution in [1.82, 2.24) is 5.32 Å². The van der Waals surface area contributed by atoms with Crippen molar-refractivity contribution >= 4 is 11.6 Å². The number of hydrogen-bond acceptors (Lipinski definition) is 2. The molecule has 0 unspecified atom stereocenters. The Labute approximate surface area is 136 Å². The number of nitrogens with one attached hydrogen (secondary N) is 1. The zero-order chi connectivity index (χ0) is 16.2.